The van der Waals surface area contributed by atoms with Crippen molar-refractivity contribution in [2.45, 2.75) is 6.92 Å². The van der Waals surface area contributed by atoms with E-state index in [-0.39, 0.29) is 5.56 Å². The van der Waals surface area contributed by atoms with Crippen LogP contribution >= 0.6 is 11.3 Å². The Kier molecular flexibility index (Phi) is 4.97. The number of fused-ring (bicyclic) bond motifs is 1. The number of nitrogens with zero attached hydrogens (tertiary/aromatic N) is 1. The van der Waals surface area contributed by atoms with Gasteiger partial charge in [0, 0.05) is 11.3 Å². The number of carboxylic acid groups (broad SMARTS) is 1. The fourth-order valence-corrected chi connectivity index (χ4v) is 4.04. The van der Waals surface area contributed by atoms with Crippen LogP contribution in [0.25, 0.3) is 20.8 Å². The Morgan fingerprint density at radius 3 is 2.48 bits per heavy atom. The number of aromatic carboxylic acids is 1. The lowest BCUT2D eigenvalue weighted by atomic mass is 10.1. The molecule has 4 aromatic rings. The summed E-state index contributed by atoms with van der Waals surface area (Å²) in [5.41, 5.74) is 3.69. The Bertz CT molecular complexity index is 1200. The van der Waals surface area contributed by atoms with Gasteiger partial charge in [-0.1, -0.05) is 24.3 Å². The van der Waals surface area contributed by atoms with E-state index in [9.17, 15) is 9.59 Å². The van der Waals surface area contributed by atoms with E-state index in [1.165, 1.54) is 6.07 Å². The van der Waals surface area contributed by atoms with Crippen molar-refractivity contribution in [2.75, 3.05) is 10.6 Å². The molecule has 3 aromatic carbocycles. The number of hydrogen-bond donors (Lipinski definition) is 3. The number of anilines is 2. The summed E-state index contributed by atoms with van der Waals surface area (Å²) in [6.45, 7) is 1.69. The number of carbonyl (C=O) groups is 2. The van der Waals surface area contributed by atoms with Gasteiger partial charge in [0.1, 0.15) is 5.01 Å². The summed E-state index contributed by atoms with van der Waals surface area (Å²) in [7, 11) is 0. The fourth-order valence-electron chi connectivity index (χ4n) is 3.03. The third kappa shape index (κ3) is 3.95. The van der Waals surface area contributed by atoms with Crippen LogP contribution in [-0.4, -0.2) is 22.1 Å². The number of aryl methyl sites for hydroxylation is 1. The van der Waals surface area contributed by atoms with E-state index in [4.69, 9.17) is 5.11 Å². The smallest absolute Gasteiger partial charge is 0.335 e. The summed E-state index contributed by atoms with van der Waals surface area (Å²) < 4.78 is 1.08. The van der Waals surface area contributed by atoms with Crippen LogP contribution < -0.4 is 10.6 Å². The maximum Gasteiger partial charge on any atom is 0.335 e. The maximum absolute atomic E-state index is 12.5. The third-order valence-electron chi connectivity index (χ3n) is 4.41. The number of urea groups is 1. The maximum atomic E-state index is 12.5. The second-order valence-electron chi connectivity index (χ2n) is 6.45. The van der Waals surface area contributed by atoms with Crippen molar-refractivity contribution >= 4 is 44.9 Å². The van der Waals surface area contributed by atoms with Gasteiger partial charge in [-0.25, -0.2) is 14.6 Å². The van der Waals surface area contributed by atoms with E-state index >= 15 is 0 Å². The molecule has 0 saturated carbocycles. The largest absolute Gasteiger partial charge is 0.478 e. The minimum atomic E-state index is -0.997. The molecule has 144 valence electrons. The molecule has 0 bridgehead atoms. The number of aromatic nitrogens is 1. The molecule has 2 amide bonds. The molecule has 6 nitrogen and oxygen atoms in total. The van der Waals surface area contributed by atoms with Crippen LogP contribution in [0.1, 0.15) is 15.9 Å². The van der Waals surface area contributed by atoms with Gasteiger partial charge in [-0.05, 0) is 55.0 Å². The molecule has 0 aliphatic rings. The van der Waals surface area contributed by atoms with Crippen molar-refractivity contribution in [3.05, 3.63) is 77.9 Å². The topological polar surface area (TPSA) is 91.3 Å². The number of benzene rings is 3. The Morgan fingerprint density at radius 2 is 1.72 bits per heavy atom. The van der Waals surface area contributed by atoms with Crippen LogP contribution in [0.3, 0.4) is 0 Å². The predicted molar refractivity (Wildman–Crippen MR) is 116 cm³/mol. The van der Waals surface area contributed by atoms with E-state index in [0.29, 0.717) is 16.9 Å². The first-order valence-corrected chi connectivity index (χ1v) is 9.70. The van der Waals surface area contributed by atoms with Crippen molar-refractivity contribution in [1.29, 1.82) is 0 Å². The minimum Gasteiger partial charge on any atom is -0.478 e. The minimum absolute atomic E-state index is 0.206. The average molecular weight is 403 g/mol. The second-order valence-corrected chi connectivity index (χ2v) is 7.48. The van der Waals surface area contributed by atoms with Gasteiger partial charge < -0.3 is 15.7 Å². The van der Waals surface area contributed by atoms with E-state index in [2.05, 4.69) is 15.6 Å². The van der Waals surface area contributed by atoms with Crippen LogP contribution in [0.2, 0.25) is 0 Å². The SMILES string of the molecule is Cc1cc(NC(=O)Nc2ccccc2-c2nc3ccccc3s2)ccc1C(=O)O. The zero-order chi connectivity index (χ0) is 20.4. The molecule has 0 radical (unpaired) electrons. The second kappa shape index (κ2) is 7.73. The highest BCUT2D eigenvalue weighted by atomic mass is 32.1. The summed E-state index contributed by atoms with van der Waals surface area (Å²) >= 11 is 1.56. The molecular weight excluding hydrogens is 386 g/mol. The summed E-state index contributed by atoms with van der Waals surface area (Å²) in [5, 5.41) is 15.5. The lowest BCUT2D eigenvalue weighted by Gasteiger charge is -2.11. The zero-order valence-electron chi connectivity index (χ0n) is 15.5. The number of hydrogen-bond acceptors (Lipinski definition) is 4. The molecule has 4 rings (SSSR count). The number of thiazole rings is 1. The first-order chi connectivity index (χ1) is 14.0. The number of carbonyl (C=O) groups excluding carboxylic acids is 1. The average Bonchev–Trinajstić information content (AvgIpc) is 3.12. The van der Waals surface area contributed by atoms with Crippen LogP contribution in [-0.2, 0) is 0 Å². The number of nitrogens with one attached hydrogen (secondary N) is 2. The highest BCUT2D eigenvalue weighted by molar-refractivity contribution is 7.21. The van der Waals surface area contributed by atoms with Gasteiger partial charge in [-0.15, -0.1) is 11.3 Å². The quantitative estimate of drug-likeness (QED) is 0.413. The molecule has 0 spiro atoms. The van der Waals surface area contributed by atoms with Crippen molar-refractivity contribution in [3.63, 3.8) is 0 Å². The normalized spacial score (nSPS) is 10.7. The molecule has 0 aliphatic carbocycles. The molecule has 0 unspecified atom stereocenters. The molecule has 7 heteroatoms. The standard InChI is InChI=1S/C22H17N3O3S/c1-13-12-14(10-11-15(13)21(26)27)23-22(28)25-17-7-3-2-6-16(17)20-24-18-8-4-5-9-19(18)29-20/h2-12H,1H3,(H,26,27)(H2,23,25,28). The number of carboxylic acids is 1. The van der Waals surface area contributed by atoms with Crippen LogP contribution in [0.15, 0.2) is 66.7 Å². The van der Waals surface area contributed by atoms with E-state index in [1.54, 1.807) is 30.4 Å². The molecular formula is C22H17N3O3S. The molecule has 3 N–H and O–H groups in total. The molecule has 0 fully saturated rings. The lowest BCUT2D eigenvalue weighted by molar-refractivity contribution is 0.0696. The number of para-hydroxylation sites is 2. The van der Waals surface area contributed by atoms with Gasteiger partial charge in [0.25, 0.3) is 0 Å². The highest BCUT2D eigenvalue weighted by Crippen LogP contribution is 2.34. The summed E-state index contributed by atoms with van der Waals surface area (Å²) in [6, 6.07) is 19.6. The van der Waals surface area contributed by atoms with Gasteiger partial charge in [0.05, 0.1) is 21.5 Å². The van der Waals surface area contributed by atoms with Crippen molar-refractivity contribution < 1.29 is 14.7 Å². The molecule has 1 heterocycles. The molecule has 0 aliphatic heterocycles. The molecule has 29 heavy (non-hydrogen) atoms. The zero-order valence-corrected chi connectivity index (χ0v) is 16.3. The van der Waals surface area contributed by atoms with Crippen molar-refractivity contribution in [2.24, 2.45) is 0 Å². The van der Waals surface area contributed by atoms with Gasteiger partial charge in [0.15, 0.2) is 0 Å². The first-order valence-electron chi connectivity index (χ1n) is 8.88. The van der Waals surface area contributed by atoms with E-state index in [0.717, 1.165) is 20.8 Å². The molecule has 0 saturated heterocycles. The van der Waals surface area contributed by atoms with Crippen LogP contribution in [0.4, 0.5) is 16.2 Å². The van der Waals surface area contributed by atoms with Crippen molar-refractivity contribution in [3.8, 4) is 10.6 Å². The third-order valence-corrected chi connectivity index (χ3v) is 5.48. The summed E-state index contributed by atoms with van der Waals surface area (Å²) in [5.74, 6) is -0.997. The summed E-state index contributed by atoms with van der Waals surface area (Å²) in [4.78, 5) is 28.3. The van der Waals surface area contributed by atoms with Gasteiger partial charge >= 0.3 is 12.0 Å². The molecule has 0 atom stereocenters. The van der Waals surface area contributed by atoms with Gasteiger partial charge in [-0.3, -0.25) is 0 Å². The first kappa shape index (κ1) is 18.6. The predicted octanol–water partition coefficient (Wildman–Crippen LogP) is 5.61. The fraction of sp³-hybridized carbons (Fsp3) is 0.0455. The van der Waals surface area contributed by atoms with Crippen LogP contribution in [0, 0.1) is 6.92 Å². The van der Waals surface area contributed by atoms with Crippen LogP contribution in [0.5, 0.6) is 0 Å². The number of rotatable bonds is 4. The van der Waals surface area contributed by atoms with E-state index < -0.39 is 12.0 Å². The van der Waals surface area contributed by atoms with Crippen molar-refractivity contribution in [1.82, 2.24) is 4.98 Å². The Balaban J connectivity index is 1.56. The van der Waals surface area contributed by atoms with Gasteiger partial charge in [-0.2, -0.15) is 0 Å². The van der Waals surface area contributed by atoms with Gasteiger partial charge in [0.2, 0.25) is 0 Å². The highest BCUT2D eigenvalue weighted by Gasteiger charge is 2.13. The molecule has 1 aromatic heterocycles. The Hall–Kier alpha value is -3.71. The number of amides is 2. The lowest BCUT2D eigenvalue weighted by Crippen LogP contribution is -2.20. The van der Waals surface area contributed by atoms with E-state index in [1.807, 2.05) is 48.5 Å². The summed E-state index contributed by atoms with van der Waals surface area (Å²) in [6.07, 6.45) is 0. The Morgan fingerprint density at radius 1 is 0.966 bits per heavy atom. The Labute approximate surface area is 170 Å². The monoisotopic (exact) mass is 403 g/mol.